The maximum atomic E-state index is 16.7. The second-order valence-electron chi connectivity index (χ2n) is 10.7. The number of fused-ring (bicyclic) bond motifs is 4. The zero-order chi connectivity index (χ0) is 29.3. The lowest BCUT2D eigenvalue weighted by molar-refractivity contribution is -0.137. The summed E-state index contributed by atoms with van der Waals surface area (Å²) in [5.74, 6) is -1.92. The Hall–Kier alpha value is -3.80. The third-order valence-electron chi connectivity index (χ3n) is 8.07. The first-order chi connectivity index (χ1) is 20.1. The molecule has 2 aromatic carbocycles. The van der Waals surface area contributed by atoms with E-state index in [2.05, 4.69) is 15.3 Å². The number of halogens is 5. The molecule has 2 bridgehead atoms. The van der Waals surface area contributed by atoms with Gasteiger partial charge in [-0.2, -0.15) is 28.4 Å². The van der Waals surface area contributed by atoms with Gasteiger partial charge in [0.15, 0.2) is 5.82 Å². The van der Waals surface area contributed by atoms with Crippen LogP contribution in [-0.4, -0.2) is 54.5 Å². The molecular formula is C28H23F5N6O2S. The normalized spacial score (nSPS) is 22.3. The van der Waals surface area contributed by atoms with E-state index in [9.17, 15) is 22.8 Å². The van der Waals surface area contributed by atoms with Gasteiger partial charge in [0.05, 0.1) is 29.0 Å². The molecule has 3 fully saturated rings. The quantitative estimate of drug-likeness (QED) is 0.300. The van der Waals surface area contributed by atoms with Crippen molar-refractivity contribution < 1.29 is 31.4 Å². The average molecular weight is 603 g/mol. The van der Waals surface area contributed by atoms with Crippen LogP contribution in [-0.2, 0) is 10.9 Å². The van der Waals surface area contributed by atoms with Crippen molar-refractivity contribution in [1.82, 2.24) is 15.3 Å². The molecule has 14 heteroatoms. The van der Waals surface area contributed by atoms with E-state index in [-0.39, 0.29) is 67.6 Å². The van der Waals surface area contributed by atoms with Gasteiger partial charge in [0.2, 0.25) is 0 Å². The maximum absolute atomic E-state index is 16.7. The van der Waals surface area contributed by atoms with E-state index in [4.69, 9.17) is 15.2 Å². The minimum Gasteiger partial charge on any atom is -0.458 e. The Morgan fingerprint density at radius 2 is 1.90 bits per heavy atom. The second kappa shape index (κ2) is 9.89. The van der Waals surface area contributed by atoms with Gasteiger partial charge in [-0.1, -0.05) is 6.07 Å². The summed E-state index contributed by atoms with van der Waals surface area (Å²) in [5, 5.41) is 12.8. The Balaban J connectivity index is 1.52. The summed E-state index contributed by atoms with van der Waals surface area (Å²) in [4.78, 5) is 10.6. The van der Waals surface area contributed by atoms with Gasteiger partial charge in [0.1, 0.15) is 34.3 Å². The lowest BCUT2D eigenvalue weighted by atomic mass is 9.92. The number of hydrogen-bond donors (Lipinski definition) is 2. The van der Waals surface area contributed by atoms with Gasteiger partial charge < -0.3 is 25.4 Å². The number of nitrogen functional groups attached to an aromatic ring is 1. The fourth-order valence-electron chi connectivity index (χ4n) is 6.21. The summed E-state index contributed by atoms with van der Waals surface area (Å²) in [6.45, 7) is 1.68. The van der Waals surface area contributed by atoms with Crippen molar-refractivity contribution in [2.75, 3.05) is 36.9 Å². The van der Waals surface area contributed by atoms with Crippen molar-refractivity contribution in [2.45, 2.75) is 43.6 Å². The molecule has 2 aromatic heterocycles. The third kappa shape index (κ3) is 4.38. The number of thiophene rings is 1. The molecule has 0 saturated carbocycles. The number of alkyl halides is 3. The van der Waals surface area contributed by atoms with Crippen molar-refractivity contribution in [1.29, 1.82) is 5.26 Å². The zero-order valence-electron chi connectivity index (χ0n) is 21.9. The lowest BCUT2D eigenvalue weighted by Gasteiger charge is -2.34. The number of nitriles is 1. The number of aromatic nitrogens is 2. The smallest absolute Gasteiger partial charge is 0.417 e. The molecule has 3 atom stereocenters. The molecule has 0 radical (unpaired) electrons. The topological polar surface area (TPSA) is 109 Å². The minimum absolute atomic E-state index is 0.0824. The van der Waals surface area contributed by atoms with Crippen LogP contribution in [0.1, 0.15) is 30.4 Å². The molecule has 3 aliphatic heterocycles. The maximum Gasteiger partial charge on any atom is 0.417 e. The van der Waals surface area contributed by atoms with Crippen molar-refractivity contribution in [2.24, 2.45) is 0 Å². The van der Waals surface area contributed by atoms with Gasteiger partial charge in [-0.15, -0.1) is 11.3 Å². The van der Waals surface area contributed by atoms with Crippen LogP contribution < -0.4 is 20.7 Å². The monoisotopic (exact) mass is 602 g/mol. The van der Waals surface area contributed by atoms with E-state index < -0.39 is 35.0 Å². The molecule has 42 heavy (non-hydrogen) atoms. The summed E-state index contributed by atoms with van der Waals surface area (Å²) >= 11 is 0.716. The number of nitrogens with one attached hydrogen (secondary N) is 1. The largest absolute Gasteiger partial charge is 0.458 e. The number of hydrogen-bond acceptors (Lipinski definition) is 9. The van der Waals surface area contributed by atoms with Crippen LogP contribution in [0.4, 0.5) is 32.8 Å². The number of nitrogens with two attached hydrogens (primary N) is 1. The number of piperazine rings is 1. The summed E-state index contributed by atoms with van der Waals surface area (Å²) in [7, 11) is 0. The van der Waals surface area contributed by atoms with Gasteiger partial charge in [-0.3, -0.25) is 0 Å². The number of anilines is 2. The Kier molecular flexibility index (Phi) is 6.37. The molecule has 3 unspecified atom stereocenters. The molecule has 0 aliphatic carbocycles. The molecule has 8 nitrogen and oxygen atoms in total. The highest BCUT2D eigenvalue weighted by Gasteiger charge is 2.40. The van der Waals surface area contributed by atoms with Crippen LogP contribution in [0.15, 0.2) is 18.2 Å². The van der Waals surface area contributed by atoms with E-state index in [1.165, 1.54) is 0 Å². The summed E-state index contributed by atoms with van der Waals surface area (Å²) in [6.07, 6.45) is -3.04. The Labute approximate surface area is 239 Å². The van der Waals surface area contributed by atoms with Crippen LogP contribution in [0, 0.1) is 23.0 Å². The van der Waals surface area contributed by atoms with Crippen molar-refractivity contribution >= 4 is 43.1 Å². The Bertz CT molecular complexity index is 1770. The van der Waals surface area contributed by atoms with Gasteiger partial charge in [-0.05, 0) is 30.5 Å². The fraction of sp³-hybridized carbons (Fsp3) is 0.393. The first kappa shape index (κ1) is 27.1. The van der Waals surface area contributed by atoms with Gasteiger partial charge in [0, 0.05) is 47.9 Å². The third-order valence-corrected chi connectivity index (χ3v) is 9.10. The number of benzene rings is 2. The van der Waals surface area contributed by atoms with Gasteiger partial charge >= 0.3 is 12.2 Å². The fourth-order valence-corrected chi connectivity index (χ4v) is 7.15. The van der Waals surface area contributed by atoms with Crippen molar-refractivity contribution in [3.8, 4) is 23.2 Å². The number of rotatable bonds is 4. The van der Waals surface area contributed by atoms with E-state index in [0.29, 0.717) is 37.5 Å². The molecular weight excluding hydrogens is 579 g/mol. The van der Waals surface area contributed by atoms with E-state index in [0.717, 1.165) is 31.0 Å². The van der Waals surface area contributed by atoms with Crippen molar-refractivity contribution in [3.63, 3.8) is 0 Å². The summed E-state index contributed by atoms with van der Waals surface area (Å²) < 4.78 is 86.8. The van der Waals surface area contributed by atoms with E-state index in [1.807, 2.05) is 11.0 Å². The summed E-state index contributed by atoms with van der Waals surface area (Å²) in [6, 6.07) is 4.71. The average Bonchev–Trinajstić information content (AvgIpc) is 3.67. The molecule has 3 N–H and O–H groups in total. The number of ether oxygens (including phenoxy) is 2. The molecule has 3 aliphatic rings. The SMILES string of the molecule is N#Cc1c(N)sc2c(F)ccc(-c3c(C(F)(F)F)cc4c(N5CC6CCC(C5)N6)nc(OC5CCOC5)nc4c3F)c12. The van der Waals surface area contributed by atoms with Crippen LogP contribution in [0.3, 0.4) is 0 Å². The summed E-state index contributed by atoms with van der Waals surface area (Å²) in [5.41, 5.74) is 2.86. The first-order valence-corrected chi connectivity index (χ1v) is 14.2. The molecule has 0 spiro atoms. The van der Waals surface area contributed by atoms with E-state index in [1.54, 1.807) is 0 Å². The molecule has 5 heterocycles. The van der Waals surface area contributed by atoms with Crippen molar-refractivity contribution in [3.05, 3.63) is 41.0 Å². The van der Waals surface area contributed by atoms with Crippen LogP contribution in [0.2, 0.25) is 0 Å². The molecule has 7 rings (SSSR count). The highest BCUT2D eigenvalue weighted by Crippen LogP contribution is 2.48. The van der Waals surface area contributed by atoms with Gasteiger partial charge in [0.25, 0.3) is 0 Å². The van der Waals surface area contributed by atoms with Gasteiger partial charge in [-0.25, -0.2) is 8.78 Å². The Morgan fingerprint density at radius 1 is 1.14 bits per heavy atom. The minimum atomic E-state index is -5.02. The standard InChI is InChI=1S/C28H23F5N6O2S/c29-19-4-3-15(20-17(8-34)25(35)42-24(19)20)21-18(28(31,32)33)7-16-23(22(21)30)37-27(41-14-5-6-40-11-14)38-26(16)39-9-12-1-2-13(10-39)36-12/h3-4,7,12-14,36H,1-2,5-6,9-11,35H2. The predicted octanol–water partition coefficient (Wildman–Crippen LogP) is 5.37. The highest BCUT2D eigenvalue weighted by molar-refractivity contribution is 7.23. The van der Waals surface area contributed by atoms with Crippen LogP contribution >= 0.6 is 11.3 Å². The highest BCUT2D eigenvalue weighted by atomic mass is 32.1. The lowest BCUT2D eigenvalue weighted by Crippen LogP contribution is -2.51. The first-order valence-electron chi connectivity index (χ1n) is 13.4. The molecule has 0 amide bonds. The molecule has 218 valence electrons. The van der Waals surface area contributed by atoms with E-state index >= 15 is 4.39 Å². The number of nitrogens with zero attached hydrogens (tertiary/aromatic N) is 4. The van der Waals surface area contributed by atoms with Crippen LogP contribution in [0.5, 0.6) is 6.01 Å². The molecule has 3 saturated heterocycles. The zero-order valence-corrected chi connectivity index (χ0v) is 22.7. The Morgan fingerprint density at radius 3 is 2.57 bits per heavy atom. The second-order valence-corrected chi connectivity index (χ2v) is 11.8. The molecule has 4 aromatic rings. The van der Waals surface area contributed by atoms with Crippen LogP contribution in [0.25, 0.3) is 32.1 Å². The predicted molar refractivity (Wildman–Crippen MR) is 146 cm³/mol.